The van der Waals surface area contributed by atoms with Gasteiger partial charge >= 0.3 is 5.97 Å². The van der Waals surface area contributed by atoms with E-state index in [2.05, 4.69) is 4.74 Å². The molecule has 1 amide bonds. The van der Waals surface area contributed by atoms with E-state index in [1.165, 1.54) is 24.1 Å². The fourth-order valence-corrected chi connectivity index (χ4v) is 2.81. The zero-order valence-electron chi connectivity index (χ0n) is 12.4. The minimum atomic E-state index is -0.455. The van der Waals surface area contributed by atoms with Crippen LogP contribution in [0.25, 0.3) is 0 Å². The average Bonchev–Trinajstić information content (AvgIpc) is 2.96. The number of hydrogen-bond donors (Lipinski definition) is 0. The first kappa shape index (κ1) is 15.5. The molecule has 21 heavy (non-hydrogen) atoms. The second-order valence-electron chi connectivity index (χ2n) is 5.46. The largest absolute Gasteiger partial charge is 0.468 e. The number of carbonyl (C=O) groups excluding carboxylic acids is 2. The molecule has 0 bridgehead atoms. The first-order valence-electron chi connectivity index (χ1n) is 7.16. The van der Waals surface area contributed by atoms with Crippen molar-refractivity contribution in [2.75, 3.05) is 13.7 Å². The third-order valence-electron chi connectivity index (χ3n) is 3.84. The Labute approximate surface area is 123 Å². The van der Waals surface area contributed by atoms with Gasteiger partial charge in [0.1, 0.15) is 12.4 Å². The van der Waals surface area contributed by atoms with E-state index in [0.717, 1.165) is 25.7 Å². The van der Waals surface area contributed by atoms with Crippen molar-refractivity contribution in [3.63, 3.8) is 0 Å². The molecule has 0 heterocycles. The summed E-state index contributed by atoms with van der Waals surface area (Å²) >= 11 is 0. The molecule has 1 aliphatic carbocycles. The summed E-state index contributed by atoms with van der Waals surface area (Å²) in [7, 11) is 1.30. The van der Waals surface area contributed by atoms with E-state index in [9.17, 15) is 14.0 Å². The lowest BCUT2D eigenvalue weighted by atomic mass is 10.1. The van der Waals surface area contributed by atoms with Crippen LogP contribution in [0.2, 0.25) is 0 Å². The first-order valence-corrected chi connectivity index (χ1v) is 7.16. The molecular formula is C16H20FNO3. The maximum Gasteiger partial charge on any atom is 0.325 e. The highest BCUT2D eigenvalue weighted by Crippen LogP contribution is 2.25. The Kier molecular flexibility index (Phi) is 4.94. The summed E-state index contributed by atoms with van der Waals surface area (Å²) in [5.74, 6) is -1.21. The van der Waals surface area contributed by atoms with E-state index in [1.807, 2.05) is 0 Å². The number of esters is 1. The zero-order chi connectivity index (χ0) is 15.4. The van der Waals surface area contributed by atoms with Crippen molar-refractivity contribution in [3.05, 3.63) is 35.1 Å². The summed E-state index contributed by atoms with van der Waals surface area (Å²) in [4.78, 5) is 25.7. The van der Waals surface area contributed by atoms with E-state index in [0.29, 0.717) is 5.56 Å². The maximum atomic E-state index is 13.5. The predicted octanol–water partition coefficient (Wildman–Crippen LogP) is 2.69. The smallest absolute Gasteiger partial charge is 0.325 e. The molecule has 0 atom stereocenters. The molecule has 2 rings (SSSR count). The quantitative estimate of drug-likeness (QED) is 0.802. The van der Waals surface area contributed by atoms with Crippen LogP contribution >= 0.6 is 0 Å². The Morgan fingerprint density at radius 2 is 1.95 bits per heavy atom. The molecule has 4 nitrogen and oxygen atoms in total. The summed E-state index contributed by atoms with van der Waals surface area (Å²) in [6.07, 6.45) is 3.82. The van der Waals surface area contributed by atoms with Crippen molar-refractivity contribution in [3.8, 4) is 0 Å². The summed E-state index contributed by atoms with van der Waals surface area (Å²) in [6, 6.07) is 4.26. The van der Waals surface area contributed by atoms with Gasteiger partial charge in [-0.1, -0.05) is 12.8 Å². The lowest BCUT2D eigenvalue weighted by Gasteiger charge is -2.28. The van der Waals surface area contributed by atoms with Gasteiger partial charge in [0.15, 0.2) is 0 Å². The predicted molar refractivity (Wildman–Crippen MR) is 76.4 cm³/mol. The van der Waals surface area contributed by atoms with Crippen molar-refractivity contribution in [1.82, 2.24) is 4.90 Å². The van der Waals surface area contributed by atoms with Crippen LogP contribution in [0, 0.1) is 12.7 Å². The Morgan fingerprint density at radius 3 is 2.52 bits per heavy atom. The first-order chi connectivity index (χ1) is 10.0. The molecule has 0 aromatic heterocycles. The highest BCUT2D eigenvalue weighted by Gasteiger charge is 2.29. The molecule has 0 saturated heterocycles. The Morgan fingerprint density at radius 1 is 1.29 bits per heavy atom. The number of halogens is 1. The summed E-state index contributed by atoms with van der Waals surface area (Å²) in [5.41, 5.74) is 0.964. The molecule has 0 aliphatic heterocycles. The lowest BCUT2D eigenvalue weighted by molar-refractivity contribution is -0.141. The summed E-state index contributed by atoms with van der Waals surface area (Å²) < 4.78 is 18.2. The van der Waals surface area contributed by atoms with Gasteiger partial charge in [-0.2, -0.15) is 0 Å². The Bertz CT molecular complexity index is 518. The molecule has 1 aliphatic rings. The monoisotopic (exact) mass is 293 g/mol. The standard InChI is InChI=1S/C16H20FNO3/c1-11-7-12(9-13(17)8-11)16(20)18(10-15(19)21-2)14-5-3-4-6-14/h7-9,14H,3-6,10H2,1-2H3. The van der Waals surface area contributed by atoms with Gasteiger partial charge in [0.2, 0.25) is 0 Å². The highest BCUT2D eigenvalue weighted by atomic mass is 19.1. The van der Waals surface area contributed by atoms with Gasteiger partial charge in [0.25, 0.3) is 5.91 Å². The van der Waals surface area contributed by atoms with Crippen LogP contribution in [0.4, 0.5) is 4.39 Å². The maximum absolute atomic E-state index is 13.5. The van der Waals surface area contributed by atoms with Crippen LogP contribution in [-0.4, -0.2) is 36.5 Å². The van der Waals surface area contributed by atoms with Gasteiger partial charge in [-0.3, -0.25) is 9.59 Å². The van der Waals surface area contributed by atoms with E-state index in [4.69, 9.17) is 0 Å². The van der Waals surface area contributed by atoms with Crippen molar-refractivity contribution in [1.29, 1.82) is 0 Å². The van der Waals surface area contributed by atoms with Crippen LogP contribution < -0.4 is 0 Å². The number of nitrogens with zero attached hydrogens (tertiary/aromatic N) is 1. The molecule has 0 N–H and O–H groups in total. The number of amides is 1. The Hall–Kier alpha value is -1.91. The van der Waals surface area contributed by atoms with Gasteiger partial charge in [-0.25, -0.2) is 4.39 Å². The minimum Gasteiger partial charge on any atom is -0.468 e. The second-order valence-corrected chi connectivity index (χ2v) is 5.46. The topological polar surface area (TPSA) is 46.6 Å². The van der Waals surface area contributed by atoms with Crippen molar-refractivity contribution < 1.29 is 18.7 Å². The minimum absolute atomic E-state index is 0.0279. The number of ether oxygens (including phenoxy) is 1. The molecule has 0 unspecified atom stereocenters. The van der Waals surface area contributed by atoms with E-state index in [-0.39, 0.29) is 24.1 Å². The number of hydrogen-bond acceptors (Lipinski definition) is 3. The van der Waals surface area contributed by atoms with E-state index in [1.54, 1.807) is 13.0 Å². The summed E-state index contributed by atoms with van der Waals surface area (Å²) in [5, 5.41) is 0. The molecule has 1 saturated carbocycles. The van der Waals surface area contributed by atoms with Gasteiger partial charge in [-0.15, -0.1) is 0 Å². The SMILES string of the molecule is COC(=O)CN(C(=O)c1cc(C)cc(F)c1)C1CCCC1. The lowest BCUT2D eigenvalue weighted by Crippen LogP contribution is -2.42. The third-order valence-corrected chi connectivity index (χ3v) is 3.84. The highest BCUT2D eigenvalue weighted by molar-refractivity contribution is 5.96. The second kappa shape index (κ2) is 6.70. The van der Waals surface area contributed by atoms with Crippen LogP contribution in [0.1, 0.15) is 41.6 Å². The van der Waals surface area contributed by atoms with Gasteiger partial charge in [-0.05, 0) is 43.5 Å². The average molecular weight is 293 g/mol. The van der Waals surface area contributed by atoms with Crippen LogP contribution in [-0.2, 0) is 9.53 Å². The number of benzene rings is 1. The van der Waals surface area contributed by atoms with Gasteiger partial charge in [0.05, 0.1) is 7.11 Å². The fraction of sp³-hybridized carbons (Fsp3) is 0.500. The van der Waals surface area contributed by atoms with Gasteiger partial charge < -0.3 is 9.64 Å². The van der Waals surface area contributed by atoms with Crippen LogP contribution in [0.3, 0.4) is 0 Å². The van der Waals surface area contributed by atoms with E-state index >= 15 is 0 Å². The number of aryl methyl sites for hydroxylation is 1. The van der Waals surface area contributed by atoms with Crippen LogP contribution in [0.15, 0.2) is 18.2 Å². The number of carbonyl (C=O) groups is 2. The van der Waals surface area contributed by atoms with Crippen molar-refractivity contribution in [2.24, 2.45) is 0 Å². The van der Waals surface area contributed by atoms with Gasteiger partial charge in [0, 0.05) is 11.6 Å². The molecular weight excluding hydrogens is 273 g/mol. The summed E-state index contributed by atoms with van der Waals surface area (Å²) in [6.45, 7) is 1.65. The van der Waals surface area contributed by atoms with Crippen molar-refractivity contribution >= 4 is 11.9 Å². The van der Waals surface area contributed by atoms with E-state index < -0.39 is 11.8 Å². The fourth-order valence-electron chi connectivity index (χ4n) is 2.81. The Balaban J connectivity index is 2.25. The zero-order valence-corrected chi connectivity index (χ0v) is 12.4. The number of rotatable bonds is 4. The molecule has 1 aromatic carbocycles. The van der Waals surface area contributed by atoms with Crippen LogP contribution in [0.5, 0.6) is 0 Å². The molecule has 0 spiro atoms. The molecule has 114 valence electrons. The molecule has 0 radical (unpaired) electrons. The third kappa shape index (κ3) is 3.80. The molecule has 1 fully saturated rings. The molecule has 1 aromatic rings. The molecule has 5 heteroatoms. The number of methoxy groups -OCH3 is 1. The van der Waals surface area contributed by atoms with Crippen molar-refractivity contribution in [2.45, 2.75) is 38.6 Å². The normalized spacial score (nSPS) is 15.0.